The molecule has 4 heteroatoms. The minimum Gasteiger partial charge on any atom is -0.530 e. The molecule has 0 aromatic rings. The van der Waals surface area contributed by atoms with E-state index in [0.717, 1.165) is 32.1 Å². The first-order valence-electron chi connectivity index (χ1n) is 5.81. The van der Waals surface area contributed by atoms with E-state index in [9.17, 15) is 9.90 Å². The van der Waals surface area contributed by atoms with Crippen molar-refractivity contribution in [2.75, 3.05) is 7.05 Å². The highest BCUT2D eigenvalue weighted by molar-refractivity contribution is 14.1. The average Bonchev–Trinajstić information content (AvgIpc) is 2.27. The standard InChI is InChI=1S/C12H18INO2/c1-14(10(15)16)12-8-4-2-6-11(12,13)7-3-5-9-12/h2,4H,3,5-9H2,1H3,(H,15,16)/p-1. The minimum atomic E-state index is -1.04. The van der Waals surface area contributed by atoms with Gasteiger partial charge in [-0.05, 0) is 25.7 Å². The lowest BCUT2D eigenvalue weighted by molar-refractivity contribution is -0.271. The zero-order valence-corrected chi connectivity index (χ0v) is 11.7. The van der Waals surface area contributed by atoms with Crippen LogP contribution >= 0.6 is 22.6 Å². The number of carbonyl (C=O) groups is 1. The van der Waals surface area contributed by atoms with Crippen molar-refractivity contribution in [3.8, 4) is 0 Å². The van der Waals surface area contributed by atoms with Crippen LogP contribution in [0.4, 0.5) is 4.79 Å². The van der Waals surface area contributed by atoms with Gasteiger partial charge in [0.2, 0.25) is 0 Å². The Morgan fingerprint density at radius 2 is 1.94 bits per heavy atom. The van der Waals surface area contributed by atoms with Gasteiger partial charge in [0.05, 0.1) is 5.54 Å². The number of halogens is 1. The van der Waals surface area contributed by atoms with Crippen molar-refractivity contribution in [1.29, 1.82) is 0 Å². The normalized spacial score (nSPS) is 37.9. The lowest BCUT2D eigenvalue weighted by Gasteiger charge is -2.57. The number of hydrogen-bond acceptors (Lipinski definition) is 2. The number of amides is 1. The monoisotopic (exact) mass is 334 g/mol. The van der Waals surface area contributed by atoms with Gasteiger partial charge in [0.15, 0.2) is 0 Å². The summed E-state index contributed by atoms with van der Waals surface area (Å²) in [5.74, 6) is 0. The molecule has 0 aromatic heterocycles. The van der Waals surface area contributed by atoms with Gasteiger partial charge in [-0.2, -0.15) is 0 Å². The van der Waals surface area contributed by atoms with Crippen LogP contribution in [0.2, 0.25) is 0 Å². The minimum absolute atomic E-state index is 0.0621. The lowest BCUT2D eigenvalue weighted by atomic mass is 9.66. The van der Waals surface area contributed by atoms with Crippen LogP contribution in [-0.4, -0.2) is 27.0 Å². The van der Waals surface area contributed by atoms with Crippen LogP contribution in [-0.2, 0) is 0 Å². The Balaban J connectivity index is 2.39. The molecular weight excluding hydrogens is 317 g/mol. The fourth-order valence-corrected chi connectivity index (χ4v) is 4.67. The summed E-state index contributed by atoms with van der Waals surface area (Å²) in [6.07, 6.45) is 9.49. The number of hydrogen-bond donors (Lipinski definition) is 0. The molecule has 16 heavy (non-hydrogen) atoms. The van der Waals surface area contributed by atoms with Crippen LogP contribution in [0, 0.1) is 0 Å². The summed E-state index contributed by atoms with van der Waals surface area (Å²) in [7, 11) is 1.67. The third kappa shape index (κ3) is 1.65. The van der Waals surface area contributed by atoms with E-state index in [0.29, 0.717) is 0 Å². The van der Waals surface area contributed by atoms with Crippen molar-refractivity contribution < 1.29 is 9.90 Å². The molecule has 1 saturated carbocycles. The number of fused-ring (bicyclic) bond motifs is 1. The second-order valence-electron chi connectivity index (χ2n) is 4.91. The number of carboxylic acid groups (broad SMARTS) is 1. The maximum absolute atomic E-state index is 11.2. The van der Waals surface area contributed by atoms with Crippen molar-refractivity contribution in [1.82, 2.24) is 4.90 Å². The summed E-state index contributed by atoms with van der Waals surface area (Å²) in [4.78, 5) is 12.6. The van der Waals surface area contributed by atoms with Crippen molar-refractivity contribution in [2.24, 2.45) is 0 Å². The zero-order chi connectivity index (χ0) is 11.8. The molecule has 0 saturated heterocycles. The molecule has 2 unspecified atom stereocenters. The van der Waals surface area contributed by atoms with Gasteiger partial charge in [-0.1, -0.05) is 47.6 Å². The third-order valence-electron chi connectivity index (χ3n) is 4.23. The molecule has 0 bridgehead atoms. The largest absolute Gasteiger partial charge is 0.530 e. The fraction of sp³-hybridized carbons (Fsp3) is 0.750. The summed E-state index contributed by atoms with van der Waals surface area (Å²) in [6.45, 7) is 0. The number of alkyl halides is 1. The molecule has 90 valence electrons. The van der Waals surface area contributed by atoms with Crippen LogP contribution in [0.25, 0.3) is 0 Å². The molecule has 2 aliphatic carbocycles. The van der Waals surface area contributed by atoms with Crippen molar-refractivity contribution in [3.05, 3.63) is 12.2 Å². The summed E-state index contributed by atoms with van der Waals surface area (Å²) >= 11 is 2.48. The highest BCUT2D eigenvalue weighted by atomic mass is 127. The van der Waals surface area contributed by atoms with Crippen LogP contribution in [0.3, 0.4) is 0 Å². The molecule has 0 N–H and O–H groups in total. The van der Waals surface area contributed by atoms with Gasteiger partial charge in [-0.25, -0.2) is 0 Å². The highest BCUT2D eigenvalue weighted by Gasteiger charge is 2.53. The second kappa shape index (κ2) is 4.20. The first kappa shape index (κ1) is 12.2. The Labute approximate surface area is 110 Å². The first-order valence-corrected chi connectivity index (χ1v) is 6.88. The summed E-state index contributed by atoms with van der Waals surface area (Å²) in [5.41, 5.74) is -0.237. The zero-order valence-electron chi connectivity index (χ0n) is 9.54. The molecular formula is C12H17INO2-. The van der Waals surface area contributed by atoms with Gasteiger partial charge >= 0.3 is 0 Å². The van der Waals surface area contributed by atoms with Crippen molar-refractivity contribution >= 4 is 28.7 Å². The van der Waals surface area contributed by atoms with Crippen LogP contribution < -0.4 is 5.11 Å². The van der Waals surface area contributed by atoms with Gasteiger partial charge in [0.1, 0.15) is 6.09 Å². The molecule has 2 rings (SSSR count). The number of nitrogens with zero attached hydrogens (tertiary/aromatic N) is 1. The molecule has 1 amide bonds. The van der Waals surface area contributed by atoms with E-state index < -0.39 is 6.09 Å². The van der Waals surface area contributed by atoms with E-state index in [2.05, 4.69) is 34.7 Å². The van der Waals surface area contributed by atoms with Gasteiger partial charge in [0.25, 0.3) is 0 Å². The quantitative estimate of drug-likeness (QED) is 0.419. The smallest absolute Gasteiger partial charge is 0.137 e. The van der Waals surface area contributed by atoms with E-state index in [1.807, 2.05) is 0 Å². The van der Waals surface area contributed by atoms with E-state index in [4.69, 9.17) is 0 Å². The molecule has 1 fully saturated rings. The first-order chi connectivity index (χ1) is 7.52. The van der Waals surface area contributed by atoms with Gasteiger partial charge < -0.3 is 14.8 Å². The Kier molecular flexibility index (Phi) is 3.20. The average molecular weight is 334 g/mol. The Hall–Kier alpha value is -0.260. The van der Waals surface area contributed by atoms with E-state index >= 15 is 0 Å². The molecule has 0 radical (unpaired) electrons. The predicted octanol–water partition coefficient (Wildman–Crippen LogP) is 2.10. The van der Waals surface area contributed by atoms with Gasteiger partial charge in [-0.15, -0.1) is 0 Å². The topological polar surface area (TPSA) is 43.4 Å². The molecule has 0 heterocycles. The number of carbonyl (C=O) groups excluding carboxylic acids is 1. The molecule has 2 atom stereocenters. The SMILES string of the molecule is CN(C(=O)[O-])C12CC=CCC1(I)CCCC2. The maximum atomic E-state index is 11.2. The lowest BCUT2D eigenvalue weighted by Crippen LogP contribution is -2.65. The van der Waals surface area contributed by atoms with Gasteiger partial charge in [0, 0.05) is 10.5 Å². The molecule has 2 aliphatic rings. The van der Waals surface area contributed by atoms with Crippen LogP contribution in [0.15, 0.2) is 12.2 Å². The Bertz CT molecular complexity index is 331. The fourth-order valence-electron chi connectivity index (χ4n) is 3.18. The van der Waals surface area contributed by atoms with E-state index in [1.165, 1.54) is 11.3 Å². The van der Waals surface area contributed by atoms with Gasteiger partial charge in [-0.3, -0.25) is 0 Å². The Morgan fingerprint density at radius 1 is 1.31 bits per heavy atom. The highest BCUT2D eigenvalue weighted by Crippen LogP contribution is 2.53. The summed E-state index contributed by atoms with van der Waals surface area (Å²) in [6, 6.07) is 0. The van der Waals surface area contributed by atoms with Crippen LogP contribution in [0.1, 0.15) is 38.5 Å². The van der Waals surface area contributed by atoms with E-state index in [1.54, 1.807) is 7.05 Å². The second-order valence-corrected chi connectivity index (χ2v) is 6.97. The van der Waals surface area contributed by atoms with Crippen molar-refractivity contribution in [2.45, 2.75) is 47.5 Å². The number of allylic oxidation sites excluding steroid dienone is 1. The maximum Gasteiger partial charge on any atom is 0.137 e. The summed E-state index contributed by atoms with van der Waals surface area (Å²) in [5, 5.41) is 11.2. The molecule has 0 aliphatic heterocycles. The molecule has 3 nitrogen and oxygen atoms in total. The van der Waals surface area contributed by atoms with Crippen LogP contribution in [0.5, 0.6) is 0 Å². The summed E-state index contributed by atoms with van der Waals surface area (Å²) < 4.78 is 0.0621. The van der Waals surface area contributed by atoms with Crippen molar-refractivity contribution in [3.63, 3.8) is 0 Å². The molecule has 0 aromatic carbocycles. The molecule has 0 spiro atoms. The Morgan fingerprint density at radius 3 is 2.62 bits per heavy atom. The predicted molar refractivity (Wildman–Crippen MR) is 69.5 cm³/mol. The number of rotatable bonds is 1. The third-order valence-corrected chi connectivity index (χ3v) is 6.21. The van der Waals surface area contributed by atoms with E-state index in [-0.39, 0.29) is 8.96 Å².